The maximum atomic E-state index is 12.0. The molecule has 9 heteroatoms. The van der Waals surface area contributed by atoms with Gasteiger partial charge in [-0.3, -0.25) is 4.79 Å². The smallest absolute Gasteiger partial charge is 0.277 e. The fourth-order valence-electron chi connectivity index (χ4n) is 2.29. The van der Waals surface area contributed by atoms with E-state index in [2.05, 4.69) is 10.2 Å². The molecular formula is C14H14N2O5S2. The highest BCUT2D eigenvalue weighted by Crippen LogP contribution is 2.29. The normalized spacial score (nSPS) is 19.7. The SMILES string of the molecule is O=C(CSc1nnc([C@H]2CCS(=O)(=O)C2)o1)c1ccc(O)cc1. The zero-order valence-electron chi connectivity index (χ0n) is 12.0. The van der Waals surface area contributed by atoms with E-state index in [1.165, 1.54) is 12.1 Å². The van der Waals surface area contributed by atoms with Gasteiger partial charge in [0.05, 0.1) is 23.2 Å². The molecule has 1 aromatic heterocycles. The van der Waals surface area contributed by atoms with Crippen molar-refractivity contribution < 1.29 is 22.7 Å². The highest BCUT2D eigenvalue weighted by molar-refractivity contribution is 7.99. The maximum absolute atomic E-state index is 12.0. The predicted molar refractivity (Wildman–Crippen MR) is 83.5 cm³/mol. The fraction of sp³-hybridized carbons (Fsp3) is 0.357. The lowest BCUT2D eigenvalue weighted by Gasteiger charge is -2.00. The zero-order valence-corrected chi connectivity index (χ0v) is 13.6. The third-order valence-electron chi connectivity index (χ3n) is 3.52. The first kappa shape index (κ1) is 16.0. The Labute approximate surface area is 137 Å². The molecule has 0 amide bonds. The van der Waals surface area contributed by atoms with Gasteiger partial charge in [-0.1, -0.05) is 11.8 Å². The summed E-state index contributed by atoms with van der Waals surface area (Å²) in [5.74, 6) is 0.323. The van der Waals surface area contributed by atoms with Gasteiger partial charge < -0.3 is 9.52 Å². The minimum atomic E-state index is -3.01. The Balaban J connectivity index is 1.59. The number of phenolic OH excluding ortho intramolecular Hbond substituents is 1. The van der Waals surface area contributed by atoms with E-state index in [0.29, 0.717) is 17.9 Å². The summed E-state index contributed by atoms with van der Waals surface area (Å²) >= 11 is 1.11. The molecule has 1 aromatic carbocycles. The first-order chi connectivity index (χ1) is 10.9. The van der Waals surface area contributed by atoms with Gasteiger partial charge in [0.2, 0.25) is 5.89 Å². The van der Waals surface area contributed by atoms with Crippen LogP contribution in [0.15, 0.2) is 33.9 Å². The van der Waals surface area contributed by atoms with Gasteiger partial charge in [-0.25, -0.2) is 8.42 Å². The molecule has 1 N–H and O–H groups in total. The van der Waals surface area contributed by atoms with Crippen molar-refractivity contribution in [3.63, 3.8) is 0 Å². The van der Waals surface area contributed by atoms with E-state index >= 15 is 0 Å². The van der Waals surface area contributed by atoms with Crippen LogP contribution >= 0.6 is 11.8 Å². The Morgan fingerprint density at radius 1 is 1.30 bits per heavy atom. The van der Waals surface area contributed by atoms with Crippen LogP contribution in [0.3, 0.4) is 0 Å². The van der Waals surface area contributed by atoms with Crippen molar-refractivity contribution in [1.29, 1.82) is 0 Å². The second-order valence-electron chi connectivity index (χ2n) is 5.26. The van der Waals surface area contributed by atoms with Crippen LogP contribution in [-0.2, 0) is 9.84 Å². The topological polar surface area (TPSA) is 110 Å². The summed E-state index contributed by atoms with van der Waals surface area (Å²) in [5, 5.41) is 17.2. The third-order valence-corrected chi connectivity index (χ3v) is 6.11. The molecule has 0 saturated carbocycles. The van der Waals surface area contributed by atoms with Crippen molar-refractivity contribution >= 4 is 27.4 Å². The minimum absolute atomic E-state index is 0.0335. The van der Waals surface area contributed by atoms with Crippen LogP contribution in [0.4, 0.5) is 0 Å². The number of nitrogens with zero attached hydrogens (tertiary/aromatic N) is 2. The number of hydrogen-bond acceptors (Lipinski definition) is 8. The number of ketones is 1. The maximum Gasteiger partial charge on any atom is 0.277 e. The Hall–Kier alpha value is -1.87. The molecular weight excluding hydrogens is 340 g/mol. The standard InChI is InChI=1S/C14H14N2O5S2/c17-11-3-1-9(2-4-11)12(18)7-22-14-16-15-13(21-14)10-5-6-23(19,20)8-10/h1-4,10,17H,5-8H2/t10-/m0/s1. The van der Waals surface area contributed by atoms with E-state index < -0.39 is 9.84 Å². The summed E-state index contributed by atoms with van der Waals surface area (Å²) in [4.78, 5) is 12.0. The van der Waals surface area contributed by atoms with E-state index in [1.54, 1.807) is 12.1 Å². The molecule has 3 rings (SSSR count). The zero-order chi connectivity index (χ0) is 16.4. The van der Waals surface area contributed by atoms with Gasteiger partial charge in [0.1, 0.15) is 5.75 Å². The largest absolute Gasteiger partial charge is 0.508 e. The van der Waals surface area contributed by atoms with Gasteiger partial charge in [-0.05, 0) is 30.7 Å². The summed E-state index contributed by atoms with van der Waals surface area (Å²) in [7, 11) is -3.01. The average molecular weight is 354 g/mol. The van der Waals surface area contributed by atoms with Gasteiger partial charge in [0.25, 0.3) is 5.22 Å². The Morgan fingerprint density at radius 2 is 2.04 bits per heavy atom. The number of benzene rings is 1. The molecule has 0 bridgehead atoms. The molecule has 0 aliphatic carbocycles. The number of aromatic hydroxyl groups is 1. The second-order valence-corrected chi connectivity index (χ2v) is 8.42. The van der Waals surface area contributed by atoms with Crippen molar-refractivity contribution in [3.8, 4) is 5.75 Å². The van der Waals surface area contributed by atoms with Gasteiger partial charge in [-0.2, -0.15) is 0 Å². The van der Waals surface area contributed by atoms with Crippen LogP contribution in [0, 0.1) is 0 Å². The molecule has 1 aliphatic rings. The van der Waals surface area contributed by atoms with Crippen LogP contribution in [0.1, 0.15) is 28.6 Å². The molecule has 0 spiro atoms. The minimum Gasteiger partial charge on any atom is -0.508 e. The Kier molecular flexibility index (Phi) is 4.40. The highest BCUT2D eigenvalue weighted by atomic mass is 32.2. The summed E-state index contributed by atoms with van der Waals surface area (Å²) in [5.41, 5.74) is 0.483. The third kappa shape index (κ3) is 3.91. The van der Waals surface area contributed by atoms with Gasteiger partial charge in [0, 0.05) is 5.56 Å². The quantitative estimate of drug-likeness (QED) is 0.637. The molecule has 23 heavy (non-hydrogen) atoms. The lowest BCUT2D eigenvalue weighted by molar-refractivity contribution is 0.102. The first-order valence-corrected chi connectivity index (χ1v) is 9.72. The highest BCUT2D eigenvalue weighted by Gasteiger charge is 2.32. The van der Waals surface area contributed by atoms with Crippen molar-refractivity contribution in [1.82, 2.24) is 10.2 Å². The second kappa shape index (κ2) is 6.32. The summed E-state index contributed by atoms with van der Waals surface area (Å²) in [6, 6.07) is 5.98. The van der Waals surface area contributed by atoms with E-state index in [0.717, 1.165) is 11.8 Å². The number of rotatable bonds is 5. The lowest BCUT2D eigenvalue weighted by Crippen LogP contribution is -2.03. The van der Waals surface area contributed by atoms with E-state index in [9.17, 15) is 18.3 Å². The number of carbonyl (C=O) groups excluding carboxylic acids is 1. The van der Waals surface area contributed by atoms with Gasteiger partial charge in [-0.15, -0.1) is 10.2 Å². The molecule has 2 aromatic rings. The molecule has 1 fully saturated rings. The van der Waals surface area contributed by atoms with Crippen LogP contribution in [0.5, 0.6) is 5.75 Å². The fourth-order valence-corrected chi connectivity index (χ4v) is 4.69. The summed E-state index contributed by atoms with van der Waals surface area (Å²) < 4.78 is 28.4. The summed E-state index contributed by atoms with van der Waals surface area (Å²) in [6.07, 6.45) is 0.487. The number of carbonyl (C=O) groups is 1. The van der Waals surface area contributed by atoms with Gasteiger partial charge in [0.15, 0.2) is 15.6 Å². The van der Waals surface area contributed by atoms with Crippen molar-refractivity contribution in [3.05, 3.63) is 35.7 Å². The number of phenols is 1. The molecule has 7 nitrogen and oxygen atoms in total. The number of hydrogen-bond donors (Lipinski definition) is 1. The van der Waals surface area contributed by atoms with Crippen molar-refractivity contribution in [2.45, 2.75) is 17.6 Å². The molecule has 0 radical (unpaired) electrons. The van der Waals surface area contributed by atoms with E-state index in [4.69, 9.17) is 4.42 Å². The van der Waals surface area contributed by atoms with Crippen molar-refractivity contribution in [2.75, 3.05) is 17.3 Å². The summed E-state index contributed by atoms with van der Waals surface area (Å²) in [6.45, 7) is 0. The molecule has 1 aliphatic heterocycles. The molecule has 2 heterocycles. The molecule has 122 valence electrons. The Bertz CT molecular complexity index is 814. The number of thioether (sulfide) groups is 1. The molecule has 1 saturated heterocycles. The van der Waals surface area contributed by atoms with E-state index in [1.807, 2.05) is 0 Å². The van der Waals surface area contributed by atoms with Crippen LogP contribution < -0.4 is 0 Å². The molecule has 0 unspecified atom stereocenters. The molecule has 1 atom stereocenters. The predicted octanol–water partition coefficient (Wildman–Crippen LogP) is 1.65. The average Bonchev–Trinajstić information content (AvgIpc) is 3.11. The van der Waals surface area contributed by atoms with Crippen LogP contribution in [0.2, 0.25) is 0 Å². The van der Waals surface area contributed by atoms with Crippen LogP contribution in [0.25, 0.3) is 0 Å². The monoisotopic (exact) mass is 354 g/mol. The number of aromatic nitrogens is 2. The lowest BCUT2D eigenvalue weighted by atomic mass is 10.1. The number of sulfone groups is 1. The first-order valence-electron chi connectivity index (χ1n) is 6.92. The number of Topliss-reactive ketones (excluding diaryl/α,β-unsaturated/α-hetero) is 1. The Morgan fingerprint density at radius 3 is 2.70 bits per heavy atom. The van der Waals surface area contributed by atoms with E-state index in [-0.39, 0.29) is 39.9 Å². The van der Waals surface area contributed by atoms with Gasteiger partial charge >= 0.3 is 0 Å². The van der Waals surface area contributed by atoms with Crippen molar-refractivity contribution in [2.24, 2.45) is 0 Å². The van der Waals surface area contributed by atoms with Crippen LogP contribution in [-0.4, -0.2) is 46.8 Å².